The summed E-state index contributed by atoms with van der Waals surface area (Å²) in [6, 6.07) is 40.4. The minimum absolute atomic E-state index is 0.0758. The van der Waals surface area contributed by atoms with E-state index in [-0.39, 0.29) is 10.6 Å². The second-order valence-corrected chi connectivity index (χ2v) is 11.1. The van der Waals surface area contributed by atoms with Crippen LogP contribution in [-0.2, 0) is 0 Å². The van der Waals surface area contributed by atoms with Gasteiger partial charge in [-0.1, -0.05) is 66.7 Å². The van der Waals surface area contributed by atoms with Gasteiger partial charge in [0.15, 0.2) is 5.82 Å². The molecule has 6 heteroatoms. The highest BCUT2D eigenvalue weighted by Gasteiger charge is 2.33. The molecule has 5 rings (SSSR count). The molecular formula is C27H19Cl2N3S. The van der Waals surface area contributed by atoms with Crippen LogP contribution < -0.4 is 0 Å². The highest BCUT2D eigenvalue weighted by atomic mass is 35.5. The summed E-state index contributed by atoms with van der Waals surface area (Å²) in [6.45, 7) is 0. The maximum absolute atomic E-state index is 6.00. The maximum atomic E-state index is 6.00. The number of aromatic nitrogens is 3. The molecule has 0 atom stereocenters. The van der Waals surface area contributed by atoms with Crippen molar-refractivity contribution >= 4 is 33.2 Å². The molecule has 3 nitrogen and oxygen atoms in total. The first-order chi connectivity index (χ1) is 16.2. The molecule has 0 saturated carbocycles. The van der Waals surface area contributed by atoms with Gasteiger partial charge in [-0.2, -0.15) is 15.0 Å². The number of halogens is 2. The first-order valence-corrected chi connectivity index (χ1v) is 12.7. The average molecular weight is 488 g/mol. The smallest absolute Gasteiger partial charge is 0.198 e. The molecule has 0 fully saturated rings. The molecule has 0 spiro atoms. The van der Waals surface area contributed by atoms with Gasteiger partial charge < -0.3 is 0 Å². The minimum atomic E-state index is -1.73. The van der Waals surface area contributed by atoms with Crippen molar-refractivity contribution in [2.75, 3.05) is 0 Å². The van der Waals surface area contributed by atoms with Crippen molar-refractivity contribution in [3.05, 3.63) is 126 Å². The molecule has 1 heterocycles. The van der Waals surface area contributed by atoms with E-state index < -0.39 is 10.0 Å². The van der Waals surface area contributed by atoms with E-state index in [9.17, 15) is 0 Å². The second kappa shape index (κ2) is 9.36. The Morgan fingerprint density at radius 3 is 1.18 bits per heavy atom. The Morgan fingerprint density at radius 1 is 0.424 bits per heavy atom. The zero-order valence-corrected chi connectivity index (χ0v) is 19.8. The standard InChI is InChI=1S/C27H19Cl2N3S/c28-26-30-25(31-27(29)32-26)20-16-18-24(19-17-20)33(21-10-4-1-5-11-21,22-12-6-2-7-13-22)23-14-8-3-9-15-23/h1-19H. The zero-order chi connectivity index (χ0) is 22.7. The Balaban J connectivity index is 1.76. The molecular weight excluding hydrogens is 469 g/mol. The zero-order valence-electron chi connectivity index (χ0n) is 17.5. The summed E-state index contributed by atoms with van der Waals surface area (Å²) in [6.07, 6.45) is 0. The van der Waals surface area contributed by atoms with E-state index in [0.29, 0.717) is 5.82 Å². The molecule has 0 saturated heterocycles. The first kappa shape index (κ1) is 21.7. The highest BCUT2D eigenvalue weighted by molar-refractivity contribution is 8.34. The lowest BCUT2D eigenvalue weighted by Crippen LogP contribution is -2.05. The number of nitrogens with zero attached hydrogens (tertiary/aromatic N) is 3. The van der Waals surface area contributed by atoms with E-state index in [1.807, 2.05) is 12.1 Å². The van der Waals surface area contributed by atoms with Crippen LogP contribution >= 0.6 is 33.2 Å². The quantitative estimate of drug-likeness (QED) is 0.250. The molecule has 0 bridgehead atoms. The van der Waals surface area contributed by atoms with Crippen molar-refractivity contribution in [1.29, 1.82) is 0 Å². The van der Waals surface area contributed by atoms with Gasteiger partial charge in [0.25, 0.3) is 0 Å². The number of benzene rings is 4. The maximum Gasteiger partial charge on any atom is 0.227 e. The van der Waals surface area contributed by atoms with Gasteiger partial charge in [0.2, 0.25) is 10.6 Å². The molecule has 0 aliphatic rings. The van der Waals surface area contributed by atoms with Gasteiger partial charge in [-0.25, -0.2) is 0 Å². The van der Waals surface area contributed by atoms with E-state index in [4.69, 9.17) is 23.2 Å². The molecule has 33 heavy (non-hydrogen) atoms. The monoisotopic (exact) mass is 487 g/mol. The predicted molar refractivity (Wildman–Crippen MR) is 135 cm³/mol. The Labute approximate surface area is 204 Å². The van der Waals surface area contributed by atoms with Crippen molar-refractivity contribution in [2.24, 2.45) is 0 Å². The van der Waals surface area contributed by atoms with Crippen molar-refractivity contribution in [2.45, 2.75) is 19.6 Å². The molecule has 0 aliphatic carbocycles. The molecule has 0 unspecified atom stereocenters. The summed E-state index contributed by atoms with van der Waals surface area (Å²) >= 11 is 12.0. The van der Waals surface area contributed by atoms with Crippen LogP contribution in [0.1, 0.15) is 0 Å². The van der Waals surface area contributed by atoms with Crippen LogP contribution in [0.5, 0.6) is 0 Å². The third-order valence-electron chi connectivity index (χ3n) is 5.34. The van der Waals surface area contributed by atoms with E-state index >= 15 is 0 Å². The largest absolute Gasteiger partial charge is 0.227 e. The van der Waals surface area contributed by atoms with Gasteiger partial charge in [0, 0.05) is 25.1 Å². The molecule has 0 N–H and O–H groups in total. The van der Waals surface area contributed by atoms with Crippen LogP contribution in [0.4, 0.5) is 0 Å². The van der Waals surface area contributed by atoms with Gasteiger partial charge in [-0.05, 0) is 71.7 Å². The van der Waals surface area contributed by atoms with Crippen molar-refractivity contribution in [3.63, 3.8) is 0 Å². The lowest BCUT2D eigenvalue weighted by molar-refractivity contribution is 1.06. The van der Waals surface area contributed by atoms with Crippen LogP contribution in [0, 0.1) is 0 Å². The van der Waals surface area contributed by atoms with Gasteiger partial charge >= 0.3 is 0 Å². The first-order valence-electron chi connectivity index (χ1n) is 10.3. The SMILES string of the molecule is Clc1nc(Cl)nc(-c2ccc(S(c3ccccc3)(c3ccccc3)c3ccccc3)cc2)n1. The number of rotatable bonds is 5. The Kier molecular flexibility index (Phi) is 6.14. The molecule has 5 aromatic rings. The Bertz CT molecular complexity index is 1250. The third kappa shape index (κ3) is 4.13. The molecule has 0 aliphatic heterocycles. The number of hydrogen-bond donors (Lipinski definition) is 0. The van der Waals surface area contributed by atoms with Gasteiger partial charge in [0.05, 0.1) is 0 Å². The summed E-state index contributed by atoms with van der Waals surface area (Å²) in [7, 11) is -1.73. The van der Waals surface area contributed by atoms with Crippen LogP contribution in [0.3, 0.4) is 0 Å². The van der Waals surface area contributed by atoms with E-state index in [2.05, 4.69) is 118 Å². The van der Waals surface area contributed by atoms with Gasteiger partial charge in [-0.3, -0.25) is 0 Å². The second-order valence-electron chi connectivity index (χ2n) is 7.27. The molecule has 162 valence electrons. The van der Waals surface area contributed by atoms with Crippen LogP contribution in [0.25, 0.3) is 11.4 Å². The van der Waals surface area contributed by atoms with Crippen LogP contribution in [0.2, 0.25) is 10.6 Å². The fourth-order valence-electron chi connectivity index (χ4n) is 3.95. The van der Waals surface area contributed by atoms with Crippen LogP contribution in [-0.4, -0.2) is 15.0 Å². The fourth-order valence-corrected chi connectivity index (χ4v) is 8.19. The summed E-state index contributed by atoms with van der Waals surface area (Å²) in [5.41, 5.74) is 0.826. The van der Waals surface area contributed by atoms with Crippen LogP contribution in [0.15, 0.2) is 135 Å². The van der Waals surface area contributed by atoms with E-state index in [1.165, 1.54) is 19.6 Å². The third-order valence-corrected chi connectivity index (χ3v) is 9.59. The Morgan fingerprint density at radius 2 is 0.788 bits per heavy atom. The summed E-state index contributed by atoms with van der Waals surface area (Å²) in [4.78, 5) is 17.3. The fraction of sp³-hybridized carbons (Fsp3) is 0. The molecule has 0 radical (unpaired) electrons. The molecule has 4 aromatic carbocycles. The van der Waals surface area contributed by atoms with E-state index in [1.54, 1.807) is 0 Å². The van der Waals surface area contributed by atoms with E-state index in [0.717, 1.165) is 5.56 Å². The minimum Gasteiger partial charge on any atom is -0.198 e. The van der Waals surface area contributed by atoms with Gasteiger partial charge in [-0.15, -0.1) is 10.0 Å². The topological polar surface area (TPSA) is 38.7 Å². The molecule has 0 amide bonds. The average Bonchev–Trinajstić information content (AvgIpc) is 2.86. The lowest BCUT2D eigenvalue weighted by atomic mass is 10.2. The highest BCUT2D eigenvalue weighted by Crippen LogP contribution is 2.73. The molecule has 1 aromatic heterocycles. The Hall–Kier alpha value is -3.18. The predicted octanol–water partition coefficient (Wildman–Crippen LogP) is 8.19. The van der Waals surface area contributed by atoms with Crippen molar-refractivity contribution < 1.29 is 0 Å². The normalized spacial score (nSPS) is 11.8. The van der Waals surface area contributed by atoms with Gasteiger partial charge in [0.1, 0.15) is 0 Å². The lowest BCUT2D eigenvalue weighted by Gasteiger charge is -2.42. The van der Waals surface area contributed by atoms with Crippen molar-refractivity contribution in [1.82, 2.24) is 15.0 Å². The summed E-state index contributed by atoms with van der Waals surface area (Å²) in [5, 5.41) is 0.152. The summed E-state index contributed by atoms with van der Waals surface area (Å²) in [5.74, 6) is 0.450. The summed E-state index contributed by atoms with van der Waals surface area (Å²) < 4.78 is 0. The number of hydrogen-bond acceptors (Lipinski definition) is 3. The van der Waals surface area contributed by atoms with Crippen molar-refractivity contribution in [3.8, 4) is 11.4 Å².